The number of likely N-dealkylation sites (tertiary alicyclic amines) is 1. The Morgan fingerprint density at radius 3 is 2.79 bits per heavy atom. The van der Waals surface area contributed by atoms with Gasteiger partial charge in [0.2, 0.25) is 11.8 Å². The third kappa shape index (κ3) is 3.12. The monoisotopic (exact) mass is 330 g/mol. The largest absolute Gasteiger partial charge is 0.495 e. The molecule has 2 heterocycles. The minimum absolute atomic E-state index is 0.00177. The highest BCUT2D eigenvalue weighted by molar-refractivity contribution is 6.01. The van der Waals surface area contributed by atoms with Crippen molar-refractivity contribution >= 4 is 17.5 Å². The molecule has 2 fully saturated rings. The van der Waals surface area contributed by atoms with E-state index in [0.717, 1.165) is 30.6 Å². The maximum atomic E-state index is 12.9. The Morgan fingerprint density at radius 1 is 1.29 bits per heavy atom. The van der Waals surface area contributed by atoms with Crippen LogP contribution in [-0.4, -0.2) is 43.0 Å². The molecule has 24 heavy (non-hydrogen) atoms. The maximum absolute atomic E-state index is 12.9. The lowest BCUT2D eigenvalue weighted by molar-refractivity contribution is -0.139. The third-order valence-corrected chi connectivity index (χ3v) is 5.19. The van der Waals surface area contributed by atoms with Crippen molar-refractivity contribution in [2.45, 2.75) is 45.6 Å². The first-order valence-corrected chi connectivity index (χ1v) is 8.76. The van der Waals surface area contributed by atoms with E-state index >= 15 is 0 Å². The molecule has 2 aliphatic rings. The minimum atomic E-state index is -0.247. The van der Waals surface area contributed by atoms with Crippen LogP contribution in [0.4, 0.5) is 5.69 Å². The summed E-state index contributed by atoms with van der Waals surface area (Å²) in [6.45, 7) is 5.36. The van der Waals surface area contributed by atoms with Gasteiger partial charge in [0.15, 0.2) is 0 Å². The normalized spacial score (nSPS) is 24.4. The van der Waals surface area contributed by atoms with Gasteiger partial charge in [0.25, 0.3) is 0 Å². The molecule has 0 N–H and O–H groups in total. The summed E-state index contributed by atoms with van der Waals surface area (Å²) >= 11 is 0. The van der Waals surface area contributed by atoms with Gasteiger partial charge in [-0.3, -0.25) is 9.59 Å². The number of carbonyl (C=O) groups excluding carboxylic acids is 2. The van der Waals surface area contributed by atoms with E-state index in [9.17, 15) is 9.59 Å². The topological polar surface area (TPSA) is 49.9 Å². The molecule has 2 aliphatic heterocycles. The van der Waals surface area contributed by atoms with Gasteiger partial charge in [0.1, 0.15) is 5.75 Å². The molecule has 3 rings (SSSR count). The number of anilines is 1. The number of piperidine rings is 1. The lowest BCUT2D eigenvalue weighted by Gasteiger charge is -2.35. The van der Waals surface area contributed by atoms with Gasteiger partial charge >= 0.3 is 0 Å². The number of carbonyl (C=O) groups is 2. The molecule has 1 aromatic rings. The molecule has 0 aliphatic carbocycles. The van der Waals surface area contributed by atoms with Crippen molar-refractivity contribution in [3.8, 4) is 5.75 Å². The lowest BCUT2D eigenvalue weighted by Crippen LogP contribution is -2.45. The number of rotatable bonds is 3. The van der Waals surface area contributed by atoms with Crippen molar-refractivity contribution in [1.29, 1.82) is 0 Å². The number of hydrogen-bond donors (Lipinski definition) is 0. The van der Waals surface area contributed by atoms with Crippen LogP contribution in [0.1, 0.15) is 38.2 Å². The first-order valence-electron chi connectivity index (χ1n) is 8.76. The van der Waals surface area contributed by atoms with Crippen LogP contribution >= 0.6 is 0 Å². The smallest absolute Gasteiger partial charge is 0.228 e. The molecule has 0 saturated carbocycles. The Hall–Kier alpha value is -2.04. The first kappa shape index (κ1) is 16.8. The van der Waals surface area contributed by atoms with Crippen LogP contribution in [0.2, 0.25) is 0 Å². The first-order chi connectivity index (χ1) is 11.5. The van der Waals surface area contributed by atoms with Gasteiger partial charge in [0, 0.05) is 25.6 Å². The predicted molar refractivity (Wildman–Crippen MR) is 93.2 cm³/mol. The molecule has 5 heteroatoms. The minimum Gasteiger partial charge on any atom is -0.495 e. The van der Waals surface area contributed by atoms with Crippen molar-refractivity contribution in [3.63, 3.8) is 0 Å². The van der Waals surface area contributed by atoms with Gasteiger partial charge in [-0.1, -0.05) is 6.07 Å². The molecule has 2 atom stereocenters. The van der Waals surface area contributed by atoms with E-state index in [2.05, 4.69) is 6.92 Å². The van der Waals surface area contributed by atoms with E-state index < -0.39 is 0 Å². The predicted octanol–water partition coefficient (Wildman–Crippen LogP) is 2.76. The number of amides is 2. The van der Waals surface area contributed by atoms with Gasteiger partial charge in [-0.25, -0.2) is 0 Å². The quantitative estimate of drug-likeness (QED) is 0.856. The SMILES string of the molecule is COc1ccc(C)cc1N1C[C@H](C(=O)N2CCCC[C@@H]2C)CC1=O. The van der Waals surface area contributed by atoms with Crippen molar-refractivity contribution in [2.75, 3.05) is 25.1 Å². The highest BCUT2D eigenvalue weighted by Crippen LogP contribution is 2.35. The third-order valence-electron chi connectivity index (χ3n) is 5.19. The summed E-state index contributed by atoms with van der Waals surface area (Å²) in [5.41, 5.74) is 1.84. The zero-order valence-corrected chi connectivity index (χ0v) is 14.7. The van der Waals surface area contributed by atoms with Gasteiger partial charge in [-0.2, -0.15) is 0 Å². The Bertz CT molecular complexity index is 643. The molecule has 0 unspecified atom stereocenters. The molecule has 2 saturated heterocycles. The van der Waals surface area contributed by atoms with Crippen LogP contribution in [0.5, 0.6) is 5.75 Å². The fraction of sp³-hybridized carbons (Fsp3) is 0.579. The Balaban J connectivity index is 1.78. The van der Waals surface area contributed by atoms with E-state index in [1.807, 2.05) is 30.0 Å². The summed E-state index contributed by atoms with van der Waals surface area (Å²) in [5, 5.41) is 0. The summed E-state index contributed by atoms with van der Waals surface area (Å²) in [6, 6.07) is 6.07. The maximum Gasteiger partial charge on any atom is 0.228 e. The lowest BCUT2D eigenvalue weighted by atomic mass is 9.99. The Labute approximate surface area is 143 Å². The van der Waals surface area contributed by atoms with Crippen molar-refractivity contribution < 1.29 is 14.3 Å². The summed E-state index contributed by atoms with van der Waals surface area (Å²) in [5.74, 6) is 0.559. The van der Waals surface area contributed by atoms with Gasteiger partial charge in [-0.05, 0) is 50.8 Å². The molecule has 0 bridgehead atoms. The molecule has 0 aromatic heterocycles. The van der Waals surface area contributed by atoms with Crippen LogP contribution in [0, 0.1) is 12.8 Å². The van der Waals surface area contributed by atoms with E-state index in [0.29, 0.717) is 18.7 Å². The van der Waals surface area contributed by atoms with Crippen LogP contribution in [-0.2, 0) is 9.59 Å². The fourth-order valence-corrected chi connectivity index (χ4v) is 3.78. The van der Waals surface area contributed by atoms with Crippen LogP contribution < -0.4 is 9.64 Å². The van der Waals surface area contributed by atoms with Gasteiger partial charge in [0.05, 0.1) is 18.7 Å². The second-order valence-corrected chi connectivity index (χ2v) is 6.96. The van der Waals surface area contributed by atoms with E-state index in [4.69, 9.17) is 4.74 Å². The zero-order valence-electron chi connectivity index (χ0n) is 14.7. The average Bonchev–Trinajstić information content (AvgIpc) is 2.96. The average molecular weight is 330 g/mol. The second-order valence-electron chi connectivity index (χ2n) is 6.96. The Kier molecular flexibility index (Phi) is 4.78. The molecule has 2 amide bonds. The molecule has 130 valence electrons. The standard InChI is InChI=1S/C19H26N2O3/c1-13-7-8-17(24-3)16(10-13)21-12-15(11-18(21)22)19(23)20-9-5-4-6-14(20)2/h7-8,10,14-15H,4-6,9,11-12H2,1-3H3/t14-,15+/m0/s1. The van der Waals surface area contributed by atoms with Crippen molar-refractivity contribution in [1.82, 2.24) is 4.90 Å². The molecule has 0 spiro atoms. The molecule has 1 aromatic carbocycles. The molecular formula is C19H26N2O3. The van der Waals surface area contributed by atoms with Gasteiger partial charge < -0.3 is 14.5 Å². The zero-order chi connectivity index (χ0) is 17.3. The van der Waals surface area contributed by atoms with Crippen LogP contribution in [0.25, 0.3) is 0 Å². The summed E-state index contributed by atoms with van der Waals surface area (Å²) in [6.07, 6.45) is 3.59. The number of methoxy groups -OCH3 is 1. The second kappa shape index (κ2) is 6.83. The summed E-state index contributed by atoms with van der Waals surface area (Å²) in [4.78, 5) is 29.1. The van der Waals surface area contributed by atoms with E-state index in [1.54, 1.807) is 12.0 Å². The Morgan fingerprint density at radius 2 is 2.08 bits per heavy atom. The number of ether oxygens (including phenoxy) is 1. The number of nitrogens with zero attached hydrogens (tertiary/aromatic N) is 2. The molecule has 0 radical (unpaired) electrons. The highest BCUT2D eigenvalue weighted by Gasteiger charge is 2.39. The number of hydrogen-bond acceptors (Lipinski definition) is 3. The molecule has 5 nitrogen and oxygen atoms in total. The van der Waals surface area contributed by atoms with Crippen LogP contribution in [0.3, 0.4) is 0 Å². The summed E-state index contributed by atoms with van der Waals surface area (Å²) in [7, 11) is 1.60. The van der Waals surface area contributed by atoms with Crippen LogP contribution in [0.15, 0.2) is 18.2 Å². The van der Waals surface area contributed by atoms with Crippen molar-refractivity contribution in [2.24, 2.45) is 5.92 Å². The molecular weight excluding hydrogens is 304 g/mol. The fourth-order valence-electron chi connectivity index (χ4n) is 3.78. The van der Waals surface area contributed by atoms with E-state index in [1.165, 1.54) is 6.42 Å². The highest BCUT2D eigenvalue weighted by atomic mass is 16.5. The summed E-state index contributed by atoms with van der Waals surface area (Å²) < 4.78 is 5.40. The number of benzene rings is 1. The van der Waals surface area contributed by atoms with Gasteiger partial charge in [-0.15, -0.1) is 0 Å². The van der Waals surface area contributed by atoms with Crippen molar-refractivity contribution in [3.05, 3.63) is 23.8 Å². The van der Waals surface area contributed by atoms with E-state index in [-0.39, 0.29) is 23.8 Å². The number of aryl methyl sites for hydroxylation is 1.